The van der Waals surface area contributed by atoms with Crippen LogP contribution in [0.5, 0.6) is 23.0 Å². The van der Waals surface area contributed by atoms with E-state index in [2.05, 4.69) is 30.6 Å². The van der Waals surface area contributed by atoms with Crippen molar-refractivity contribution in [3.05, 3.63) is 36.4 Å². The summed E-state index contributed by atoms with van der Waals surface area (Å²) in [5, 5.41) is 6.96. The molecule has 34 heavy (non-hydrogen) atoms. The Morgan fingerprint density at radius 2 is 1.26 bits per heavy atom. The van der Waals surface area contributed by atoms with Crippen molar-refractivity contribution in [3.63, 3.8) is 0 Å². The van der Waals surface area contributed by atoms with Crippen molar-refractivity contribution in [2.45, 2.75) is 5.16 Å². The topological polar surface area (TPSA) is 112 Å². The molecular formula is C22H24N6O4S2. The Labute approximate surface area is 205 Å². The number of anilines is 4. The van der Waals surface area contributed by atoms with Gasteiger partial charge in [-0.05, 0) is 36.0 Å². The van der Waals surface area contributed by atoms with Gasteiger partial charge in [-0.3, -0.25) is 4.99 Å². The van der Waals surface area contributed by atoms with E-state index < -0.39 is 0 Å². The minimum Gasteiger partial charge on any atom is -0.493 e. The molecule has 0 spiro atoms. The summed E-state index contributed by atoms with van der Waals surface area (Å²) in [5.41, 5.74) is 1.48. The maximum absolute atomic E-state index is 5.40. The van der Waals surface area contributed by atoms with Crippen LogP contribution in [-0.2, 0) is 0 Å². The first-order valence-electron chi connectivity index (χ1n) is 10.2. The Bertz CT molecular complexity index is 1120. The molecule has 2 N–H and O–H groups in total. The minimum atomic E-state index is 0.372. The van der Waals surface area contributed by atoms with Gasteiger partial charge in [0.2, 0.25) is 17.1 Å². The number of ether oxygens (including phenoxy) is 4. The van der Waals surface area contributed by atoms with Crippen LogP contribution in [0.3, 0.4) is 0 Å². The number of nitrogens with one attached hydrogen (secondary N) is 2. The molecule has 4 rings (SSSR count). The predicted molar refractivity (Wildman–Crippen MR) is 136 cm³/mol. The van der Waals surface area contributed by atoms with E-state index >= 15 is 0 Å². The first kappa shape index (κ1) is 23.8. The third-order valence-corrected chi connectivity index (χ3v) is 6.67. The molecule has 12 heteroatoms. The zero-order chi connectivity index (χ0) is 23.9. The molecule has 178 valence electrons. The molecule has 0 atom stereocenters. The van der Waals surface area contributed by atoms with E-state index in [-0.39, 0.29) is 0 Å². The number of hydrogen-bond donors (Lipinski definition) is 2. The zero-order valence-electron chi connectivity index (χ0n) is 19.1. The average Bonchev–Trinajstić information content (AvgIpc) is 3.36. The van der Waals surface area contributed by atoms with Crippen molar-refractivity contribution in [2.24, 2.45) is 4.99 Å². The maximum atomic E-state index is 5.40. The summed E-state index contributed by atoms with van der Waals surface area (Å²) >= 11 is 3.10. The van der Waals surface area contributed by atoms with E-state index in [0.717, 1.165) is 28.0 Å². The lowest BCUT2D eigenvalue weighted by Crippen LogP contribution is -2.06. The Morgan fingerprint density at radius 3 is 1.71 bits per heavy atom. The van der Waals surface area contributed by atoms with Crippen LogP contribution < -0.4 is 29.6 Å². The van der Waals surface area contributed by atoms with E-state index in [1.54, 1.807) is 40.2 Å². The second-order valence-corrected chi connectivity index (χ2v) is 9.05. The van der Waals surface area contributed by atoms with Gasteiger partial charge in [0, 0.05) is 29.3 Å². The van der Waals surface area contributed by atoms with Crippen LogP contribution in [0.25, 0.3) is 0 Å². The van der Waals surface area contributed by atoms with Crippen molar-refractivity contribution < 1.29 is 18.9 Å². The summed E-state index contributed by atoms with van der Waals surface area (Å²) in [6.45, 7) is 0.797. The lowest BCUT2D eigenvalue weighted by atomic mass is 10.2. The van der Waals surface area contributed by atoms with Crippen molar-refractivity contribution in [1.29, 1.82) is 0 Å². The largest absolute Gasteiger partial charge is 0.493 e. The molecule has 2 aromatic carbocycles. The van der Waals surface area contributed by atoms with Crippen molar-refractivity contribution in [1.82, 2.24) is 15.0 Å². The second-order valence-electron chi connectivity index (χ2n) is 6.75. The number of methoxy groups -OCH3 is 4. The van der Waals surface area contributed by atoms with Crippen LogP contribution in [0, 0.1) is 0 Å². The molecule has 1 aromatic heterocycles. The average molecular weight is 501 g/mol. The Hall–Kier alpha value is -3.38. The molecule has 0 bridgehead atoms. The number of benzene rings is 2. The van der Waals surface area contributed by atoms with Crippen LogP contribution in [0.1, 0.15) is 0 Å². The summed E-state index contributed by atoms with van der Waals surface area (Å²) in [6.07, 6.45) is 0. The fraction of sp³-hybridized carbons (Fsp3) is 0.273. The van der Waals surface area contributed by atoms with Crippen LogP contribution in [-0.4, -0.2) is 60.1 Å². The Morgan fingerprint density at radius 1 is 0.735 bits per heavy atom. The van der Waals surface area contributed by atoms with Crippen molar-refractivity contribution in [3.8, 4) is 23.0 Å². The van der Waals surface area contributed by atoms with Gasteiger partial charge in [0.15, 0.2) is 23.0 Å². The lowest BCUT2D eigenvalue weighted by molar-refractivity contribution is 0.355. The summed E-state index contributed by atoms with van der Waals surface area (Å²) in [6, 6.07) is 11.0. The number of thioether (sulfide) groups is 2. The predicted octanol–water partition coefficient (Wildman–Crippen LogP) is 4.59. The van der Waals surface area contributed by atoms with E-state index in [9.17, 15) is 0 Å². The van der Waals surface area contributed by atoms with Gasteiger partial charge in [-0.25, -0.2) is 0 Å². The summed E-state index contributed by atoms with van der Waals surface area (Å²) in [5.74, 6) is 4.15. The highest BCUT2D eigenvalue weighted by molar-refractivity contribution is 8.39. The van der Waals surface area contributed by atoms with E-state index in [1.165, 1.54) is 11.8 Å². The molecule has 0 radical (unpaired) electrons. The fourth-order valence-corrected chi connectivity index (χ4v) is 4.88. The molecule has 0 fully saturated rings. The number of rotatable bonds is 9. The fourth-order valence-electron chi connectivity index (χ4n) is 3.06. The number of aromatic nitrogens is 3. The van der Waals surface area contributed by atoms with E-state index in [1.807, 2.05) is 36.4 Å². The summed E-state index contributed by atoms with van der Waals surface area (Å²) < 4.78 is 22.3. The van der Waals surface area contributed by atoms with Crippen molar-refractivity contribution >= 4 is 51.2 Å². The van der Waals surface area contributed by atoms with Crippen LogP contribution in [0.2, 0.25) is 0 Å². The number of nitrogens with zero attached hydrogens (tertiary/aromatic N) is 4. The van der Waals surface area contributed by atoms with E-state index in [4.69, 9.17) is 18.9 Å². The number of hydrogen-bond acceptors (Lipinski definition) is 12. The highest BCUT2D eigenvalue weighted by atomic mass is 32.2. The third kappa shape index (κ3) is 5.75. The van der Waals surface area contributed by atoms with E-state index in [0.29, 0.717) is 40.1 Å². The molecular weight excluding hydrogens is 476 g/mol. The van der Waals surface area contributed by atoms with Crippen LogP contribution in [0.15, 0.2) is 46.5 Å². The summed E-state index contributed by atoms with van der Waals surface area (Å²) in [7, 11) is 6.36. The molecule has 1 aliphatic heterocycles. The van der Waals surface area contributed by atoms with Gasteiger partial charge < -0.3 is 29.6 Å². The van der Waals surface area contributed by atoms with Gasteiger partial charge in [-0.15, -0.1) is 0 Å². The maximum Gasteiger partial charge on any atom is 0.233 e. The zero-order valence-corrected chi connectivity index (χ0v) is 20.7. The van der Waals surface area contributed by atoms with Gasteiger partial charge in [0.1, 0.15) is 4.38 Å². The SMILES string of the molecule is COc1ccc(Nc2nc(Nc3ccc(OC)c(OC)c3)nc(SC3=NCCS3)n2)cc1OC. The van der Waals surface area contributed by atoms with Gasteiger partial charge in [0.05, 0.1) is 35.0 Å². The summed E-state index contributed by atoms with van der Waals surface area (Å²) in [4.78, 5) is 18.2. The van der Waals surface area contributed by atoms with Crippen LogP contribution in [0.4, 0.5) is 23.3 Å². The molecule has 1 aliphatic rings. The lowest BCUT2D eigenvalue weighted by Gasteiger charge is -2.13. The standard InChI is InChI=1S/C22H24N6O4S2/c1-29-15-7-5-13(11-17(15)31-3)24-19-26-20(28-21(27-19)34-22-23-9-10-33-22)25-14-6-8-16(30-2)18(12-14)32-4/h5-8,11-12H,9-10H2,1-4H3,(H2,24,25,26,27,28). The van der Waals surface area contributed by atoms with Crippen LogP contribution >= 0.6 is 23.5 Å². The van der Waals surface area contributed by atoms with Gasteiger partial charge in [-0.1, -0.05) is 11.8 Å². The molecule has 0 amide bonds. The highest BCUT2D eigenvalue weighted by Gasteiger charge is 2.15. The quantitative estimate of drug-likeness (QED) is 0.430. The molecule has 0 aliphatic carbocycles. The molecule has 0 unspecified atom stereocenters. The normalized spacial score (nSPS) is 12.6. The smallest absolute Gasteiger partial charge is 0.233 e. The van der Waals surface area contributed by atoms with Gasteiger partial charge >= 0.3 is 0 Å². The van der Waals surface area contributed by atoms with Crippen molar-refractivity contribution in [2.75, 3.05) is 51.4 Å². The number of aliphatic imine (C=N–C) groups is 1. The molecule has 10 nitrogen and oxygen atoms in total. The Balaban J connectivity index is 1.64. The van der Waals surface area contributed by atoms with Gasteiger partial charge in [0.25, 0.3) is 0 Å². The first-order chi connectivity index (χ1) is 16.6. The molecule has 0 saturated heterocycles. The third-order valence-electron chi connectivity index (χ3n) is 4.63. The second kappa shape index (κ2) is 11.2. The monoisotopic (exact) mass is 500 g/mol. The molecule has 3 aromatic rings. The van der Waals surface area contributed by atoms with Gasteiger partial charge in [-0.2, -0.15) is 15.0 Å². The Kier molecular flexibility index (Phi) is 7.80. The minimum absolute atomic E-state index is 0.372. The first-order valence-corrected chi connectivity index (χ1v) is 12.0. The molecule has 0 saturated carbocycles. The highest BCUT2D eigenvalue weighted by Crippen LogP contribution is 2.33. The molecule has 2 heterocycles.